The van der Waals surface area contributed by atoms with Gasteiger partial charge in [-0.2, -0.15) is 0 Å². The van der Waals surface area contributed by atoms with Gasteiger partial charge in [-0.05, 0) is 37.5 Å². The SMILES string of the molecule is C=C(C(=O)OCC)C(=O)OC1C[C@H]2CC[C@@]1(C)C2(C)C. The number of hydrogen-bond acceptors (Lipinski definition) is 4. The van der Waals surface area contributed by atoms with Gasteiger partial charge in [0, 0.05) is 5.41 Å². The number of esters is 2. The number of carbonyl (C=O) groups excluding carboxylic acids is 2. The van der Waals surface area contributed by atoms with Crippen molar-refractivity contribution >= 4 is 11.9 Å². The third kappa shape index (κ3) is 2.05. The fourth-order valence-corrected chi connectivity index (χ4v) is 3.81. The predicted octanol–water partition coefficient (Wildman–Crippen LogP) is 2.86. The van der Waals surface area contributed by atoms with Crippen LogP contribution in [0.5, 0.6) is 0 Å². The van der Waals surface area contributed by atoms with Crippen LogP contribution in [0.4, 0.5) is 0 Å². The van der Waals surface area contributed by atoms with Crippen molar-refractivity contribution in [1.82, 2.24) is 0 Å². The Balaban J connectivity index is 2.04. The second kappa shape index (κ2) is 4.90. The third-order valence-electron chi connectivity index (χ3n) is 5.73. The lowest BCUT2D eigenvalue weighted by Crippen LogP contribution is -2.39. The lowest BCUT2D eigenvalue weighted by Gasteiger charge is -2.38. The van der Waals surface area contributed by atoms with Crippen molar-refractivity contribution in [1.29, 1.82) is 0 Å². The Hall–Kier alpha value is -1.32. The van der Waals surface area contributed by atoms with Gasteiger partial charge < -0.3 is 9.47 Å². The van der Waals surface area contributed by atoms with E-state index in [9.17, 15) is 9.59 Å². The molecule has 4 nitrogen and oxygen atoms in total. The normalized spacial score (nSPS) is 33.8. The summed E-state index contributed by atoms with van der Waals surface area (Å²) >= 11 is 0. The van der Waals surface area contributed by atoms with Gasteiger partial charge in [-0.3, -0.25) is 0 Å². The van der Waals surface area contributed by atoms with Crippen molar-refractivity contribution in [2.75, 3.05) is 6.61 Å². The summed E-state index contributed by atoms with van der Waals surface area (Å²) in [6.45, 7) is 12.1. The Kier molecular flexibility index (Phi) is 3.69. The molecule has 1 unspecified atom stereocenters. The standard InChI is InChI=1S/C16H24O4/c1-6-19-13(17)10(2)14(18)20-12-9-11-7-8-16(12,5)15(11,3)4/h11-12H,2,6-9H2,1,3-5H3/t11-,12?,16-/m1/s1. The smallest absolute Gasteiger partial charge is 0.345 e. The van der Waals surface area contributed by atoms with Crippen LogP contribution in [-0.4, -0.2) is 24.6 Å². The van der Waals surface area contributed by atoms with Crippen LogP contribution in [0.1, 0.15) is 47.0 Å². The lowest BCUT2D eigenvalue weighted by molar-refractivity contribution is -0.155. The summed E-state index contributed by atoms with van der Waals surface area (Å²) in [5, 5.41) is 0. The molecule has 4 heteroatoms. The van der Waals surface area contributed by atoms with E-state index in [2.05, 4.69) is 27.4 Å². The van der Waals surface area contributed by atoms with Crippen LogP contribution in [0, 0.1) is 16.7 Å². The van der Waals surface area contributed by atoms with E-state index in [1.165, 1.54) is 6.42 Å². The van der Waals surface area contributed by atoms with Crippen molar-refractivity contribution in [3.8, 4) is 0 Å². The van der Waals surface area contributed by atoms with Crippen molar-refractivity contribution in [2.24, 2.45) is 16.7 Å². The number of rotatable bonds is 4. The van der Waals surface area contributed by atoms with Crippen LogP contribution in [0.2, 0.25) is 0 Å². The Bertz CT molecular complexity index is 451. The first-order chi connectivity index (χ1) is 9.24. The summed E-state index contributed by atoms with van der Waals surface area (Å²) in [4.78, 5) is 23.5. The van der Waals surface area contributed by atoms with E-state index in [0.29, 0.717) is 5.92 Å². The van der Waals surface area contributed by atoms with Crippen LogP contribution in [0.25, 0.3) is 0 Å². The van der Waals surface area contributed by atoms with E-state index in [1.807, 2.05) is 0 Å². The van der Waals surface area contributed by atoms with Crippen LogP contribution >= 0.6 is 0 Å². The molecule has 2 aliphatic rings. The van der Waals surface area contributed by atoms with Gasteiger partial charge in [0.05, 0.1) is 6.61 Å². The quantitative estimate of drug-likeness (QED) is 0.344. The zero-order valence-corrected chi connectivity index (χ0v) is 12.8. The van der Waals surface area contributed by atoms with Gasteiger partial charge in [-0.25, -0.2) is 9.59 Å². The van der Waals surface area contributed by atoms with E-state index in [-0.39, 0.29) is 29.1 Å². The monoisotopic (exact) mass is 280 g/mol. The highest BCUT2D eigenvalue weighted by molar-refractivity contribution is 6.13. The number of ether oxygens (including phenoxy) is 2. The molecule has 2 bridgehead atoms. The van der Waals surface area contributed by atoms with Gasteiger partial charge >= 0.3 is 11.9 Å². The zero-order valence-electron chi connectivity index (χ0n) is 12.8. The summed E-state index contributed by atoms with van der Waals surface area (Å²) in [7, 11) is 0. The molecule has 0 saturated heterocycles. The minimum atomic E-state index is -0.690. The van der Waals surface area contributed by atoms with Gasteiger partial charge in [-0.15, -0.1) is 0 Å². The number of fused-ring (bicyclic) bond motifs is 2. The van der Waals surface area contributed by atoms with Crippen LogP contribution < -0.4 is 0 Å². The van der Waals surface area contributed by atoms with Crippen LogP contribution in [0.3, 0.4) is 0 Å². The highest BCUT2D eigenvalue weighted by Gasteiger charge is 2.62. The van der Waals surface area contributed by atoms with Gasteiger partial charge in [0.1, 0.15) is 11.7 Å². The average molecular weight is 280 g/mol. The van der Waals surface area contributed by atoms with Crippen molar-refractivity contribution in [3.05, 3.63) is 12.2 Å². The Morgan fingerprint density at radius 2 is 1.90 bits per heavy atom. The van der Waals surface area contributed by atoms with Crippen molar-refractivity contribution in [3.63, 3.8) is 0 Å². The molecule has 2 fully saturated rings. The van der Waals surface area contributed by atoms with E-state index in [0.717, 1.165) is 12.8 Å². The molecule has 2 rings (SSSR count). The third-order valence-corrected chi connectivity index (χ3v) is 5.73. The Morgan fingerprint density at radius 1 is 1.25 bits per heavy atom. The maximum atomic E-state index is 12.0. The average Bonchev–Trinajstić information content (AvgIpc) is 2.71. The molecule has 0 aliphatic heterocycles. The second-order valence-corrected chi connectivity index (χ2v) is 6.70. The largest absolute Gasteiger partial charge is 0.462 e. The molecule has 0 amide bonds. The van der Waals surface area contributed by atoms with Gasteiger partial charge in [0.2, 0.25) is 0 Å². The molecule has 0 spiro atoms. The van der Waals surface area contributed by atoms with Crippen molar-refractivity contribution < 1.29 is 19.1 Å². The highest BCUT2D eigenvalue weighted by Crippen LogP contribution is 2.66. The van der Waals surface area contributed by atoms with Crippen LogP contribution in [-0.2, 0) is 19.1 Å². The van der Waals surface area contributed by atoms with Gasteiger partial charge in [0.15, 0.2) is 0 Å². The van der Waals surface area contributed by atoms with Gasteiger partial charge in [-0.1, -0.05) is 27.4 Å². The minimum absolute atomic E-state index is 0.0116. The lowest BCUT2D eigenvalue weighted by atomic mass is 9.70. The topological polar surface area (TPSA) is 52.6 Å². The fourth-order valence-electron chi connectivity index (χ4n) is 3.81. The molecule has 0 aromatic carbocycles. The fraction of sp³-hybridized carbons (Fsp3) is 0.750. The molecule has 0 heterocycles. The maximum Gasteiger partial charge on any atom is 0.345 e. The first-order valence-electron chi connectivity index (χ1n) is 7.31. The molecule has 2 saturated carbocycles. The van der Waals surface area contributed by atoms with Crippen LogP contribution in [0.15, 0.2) is 12.2 Å². The molecular weight excluding hydrogens is 256 g/mol. The first kappa shape index (κ1) is 15.1. The number of carbonyl (C=O) groups is 2. The summed E-state index contributed by atoms with van der Waals surface area (Å²) in [5.74, 6) is -0.746. The van der Waals surface area contributed by atoms with Gasteiger partial charge in [0.25, 0.3) is 0 Å². The van der Waals surface area contributed by atoms with Crippen molar-refractivity contribution in [2.45, 2.75) is 53.1 Å². The molecule has 0 aromatic rings. The maximum absolute atomic E-state index is 12.0. The molecule has 0 radical (unpaired) electrons. The molecule has 0 aromatic heterocycles. The highest BCUT2D eigenvalue weighted by atomic mass is 16.6. The summed E-state index contributed by atoms with van der Waals surface area (Å²) in [5.41, 5.74) is -0.0538. The number of hydrogen-bond donors (Lipinski definition) is 0. The molecule has 2 aliphatic carbocycles. The van der Waals surface area contributed by atoms with E-state index < -0.39 is 11.9 Å². The summed E-state index contributed by atoms with van der Waals surface area (Å²) in [6.07, 6.45) is 3.01. The first-order valence-corrected chi connectivity index (χ1v) is 7.31. The predicted molar refractivity (Wildman–Crippen MR) is 74.9 cm³/mol. The Labute approximate surface area is 120 Å². The molecule has 0 N–H and O–H groups in total. The van der Waals surface area contributed by atoms with E-state index >= 15 is 0 Å². The Morgan fingerprint density at radius 3 is 2.35 bits per heavy atom. The molecule has 20 heavy (non-hydrogen) atoms. The summed E-state index contributed by atoms with van der Waals surface area (Å²) in [6, 6.07) is 0. The van der Waals surface area contributed by atoms with E-state index in [4.69, 9.17) is 9.47 Å². The molecule has 3 atom stereocenters. The molecular formula is C16H24O4. The summed E-state index contributed by atoms with van der Waals surface area (Å²) < 4.78 is 10.4. The van der Waals surface area contributed by atoms with E-state index in [1.54, 1.807) is 6.92 Å². The second-order valence-electron chi connectivity index (χ2n) is 6.70. The zero-order chi connectivity index (χ0) is 15.1. The molecule has 112 valence electrons. The minimum Gasteiger partial charge on any atom is -0.462 e.